The SMILES string of the molecule is COC(=O)c1ccc(NCc2cnc(Cl)s2)cc1C(F)(F)F. The van der Waals surface area contributed by atoms with Crippen molar-refractivity contribution < 1.29 is 22.7 Å². The molecule has 22 heavy (non-hydrogen) atoms. The summed E-state index contributed by atoms with van der Waals surface area (Å²) in [4.78, 5) is 16.0. The van der Waals surface area contributed by atoms with Crippen LogP contribution < -0.4 is 5.32 Å². The second-order valence-corrected chi connectivity index (χ2v) is 5.88. The zero-order valence-corrected chi connectivity index (χ0v) is 12.8. The lowest BCUT2D eigenvalue weighted by molar-refractivity contribution is -0.138. The van der Waals surface area contributed by atoms with Crippen molar-refractivity contribution in [3.05, 3.63) is 44.9 Å². The first-order chi connectivity index (χ1) is 10.3. The Labute approximate surface area is 132 Å². The zero-order valence-electron chi connectivity index (χ0n) is 11.2. The Morgan fingerprint density at radius 2 is 2.18 bits per heavy atom. The van der Waals surface area contributed by atoms with E-state index >= 15 is 0 Å². The van der Waals surface area contributed by atoms with Crippen LogP contribution in [0.15, 0.2) is 24.4 Å². The van der Waals surface area contributed by atoms with E-state index in [0.29, 0.717) is 4.47 Å². The molecule has 2 aromatic rings. The molecule has 0 amide bonds. The molecule has 0 bridgehead atoms. The molecular weight excluding hydrogens is 341 g/mol. The van der Waals surface area contributed by atoms with Crippen molar-refractivity contribution in [3.8, 4) is 0 Å². The monoisotopic (exact) mass is 350 g/mol. The Kier molecular flexibility index (Phi) is 4.92. The molecule has 0 spiro atoms. The number of nitrogens with one attached hydrogen (secondary N) is 1. The molecule has 2 rings (SSSR count). The molecule has 0 saturated heterocycles. The van der Waals surface area contributed by atoms with Gasteiger partial charge in [0.15, 0.2) is 4.47 Å². The van der Waals surface area contributed by atoms with Crippen LogP contribution in [-0.2, 0) is 17.5 Å². The predicted molar refractivity (Wildman–Crippen MR) is 77.2 cm³/mol. The summed E-state index contributed by atoms with van der Waals surface area (Å²) < 4.78 is 43.8. The highest BCUT2D eigenvalue weighted by Gasteiger charge is 2.35. The Morgan fingerprint density at radius 3 is 2.73 bits per heavy atom. The molecule has 0 aliphatic heterocycles. The van der Waals surface area contributed by atoms with Crippen molar-refractivity contribution in [1.29, 1.82) is 0 Å². The van der Waals surface area contributed by atoms with Gasteiger partial charge in [-0.15, -0.1) is 11.3 Å². The maximum Gasteiger partial charge on any atom is 0.417 e. The van der Waals surface area contributed by atoms with E-state index in [9.17, 15) is 18.0 Å². The van der Waals surface area contributed by atoms with Crippen LogP contribution in [0, 0.1) is 0 Å². The van der Waals surface area contributed by atoms with Gasteiger partial charge in [0, 0.05) is 16.8 Å². The molecular formula is C13H10ClF3N2O2S. The van der Waals surface area contributed by atoms with Crippen molar-refractivity contribution in [3.63, 3.8) is 0 Å². The highest BCUT2D eigenvalue weighted by atomic mass is 35.5. The molecule has 1 heterocycles. The quantitative estimate of drug-likeness (QED) is 0.839. The number of nitrogens with zero attached hydrogens (tertiary/aromatic N) is 1. The van der Waals surface area contributed by atoms with E-state index in [1.807, 2.05) is 0 Å². The smallest absolute Gasteiger partial charge is 0.417 e. The average molecular weight is 351 g/mol. The Balaban J connectivity index is 2.24. The molecule has 9 heteroatoms. The minimum Gasteiger partial charge on any atom is -0.465 e. The molecule has 0 aliphatic rings. The number of hydrogen-bond acceptors (Lipinski definition) is 5. The standard InChI is InChI=1S/C13H10ClF3N2O2S/c1-21-11(20)9-3-2-7(4-10(9)13(15,16)17)18-5-8-6-19-12(14)22-8/h2-4,6,18H,5H2,1H3. The van der Waals surface area contributed by atoms with Gasteiger partial charge < -0.3 is 10.1 Å². The van der Waals surface area contributed by atoms with E-state index in [4.69, 9.17) is 11.6 Å². The van der Waals surface area contributed by atoms with Crippen molar-refractivity contribution in [2.24, 2.45) is 0 Å². The van der Waals surface area contributed by atoms with Crippen LogP contribution in [0.4, 0.5) is 18.9 Å². The number of thiazole rings is 1. The molecule has 0 saturated carbocycles. The third-order valence-corrected chi connectivity index (χ3v) is 3.84. The van der Waals surface area contributed by atoms with E-state index in [-0.39, 0.29) is 12.2 Å². The summed E-state index contributed by atoms with van der Waals surface area (Å²) >= 11 is 6.90. The van der Waals surface area contributed by atoms with Gasteiger partial charge in [-0.1, -0.05) is 11.6 Å². The Morgan fingerprint density at radius 1 is 1.45 bits per heavy atom. The summed E-state index contributed by atoms with van der Waals surface area (Å²) in [7, 11) is 1.03. The molecule has 0 aliphatic carbocycles. The van der Waals surface area contributed by atoms with Crippen molar-refractivity contribution >= 4 is 34.6 Å². The van der Waals surface area contributed by atoms with Gasteiger partial charge in [0.25, 0.3) is 0 Å². The molecule has 0 unspecified atom stereocenters. The molecule has 1 aromatic carbocycles. The van der Waals surface area contributed by atoms with E-state index in [1.54, 1.807) is 0 Å². The van der Waals surface area contributed by atoms with Gasteiger partial charge in [-0.3, -0.25) is 0 Å². The predicted octanol–water partition coefficient (Wildman–Crippen LogP) is 4.21. The number of aromatic nitrogens is 1. The van der Waals surface area contributed by atoms with E-state index < -0.39 is 23.3 Å². The number of carbonyl (C=O) groups excluding carboxylic acids is 1. The van der Waals surface area contributed by atoms with Gasteiger partial charge in [-0.05, 0) is 18.2 Å². The molecule has 0 fully saturated rings. The maximum absolute atomic E-state index is 13.0. The van der Waals surface area contributed by atoms with Crippen LogP contribution in [-0.4, -0.2) is 18.1 Å². The first-order valence-electron chi connectivity index (χ1n) is 5.95. The number of rotatable bonds is 4. The number of alkyl halides is 3. The zero-order chi connectivity index (χ0) is 16.3. The van der Waals surface area contributed by atoms with Crippen molar-refractivity contribution in [1.82, 2.24) is 4.98 Å². The average Bonchev–Trinajstić information content (AvgIpc) is 2.89. The molecule has 0 radical (unpaired) electrons. The van der Waals surface area contributed by atoms with Gasteiger partial charge in [-0.25, -0.2) is 9.78 Å². The fourth-order valence-electron chi connectivity index (χ4n) is 1.73. The minimum absolute atomic E-state index is 0.226. The second-order valence-electron chi connectivity index (χ2n) is 4.18. The van der Waals surface area contributed by atoms with Gasteiger partial charge in [0.05, 0.1) is 24.8 Å². The lowest BCUT2D eigenvalue weighted by Gasteiger charge is -2.14. The van der Waals surface area contributed by atoms with Crippen LogP contribution in [0.5, 0.6) is 0 Å². The number of methoxy groups -OCH3 is 1. The normalized spacial score (nSPS) is 11.3. The number of carbonyl (C=O) groups is 1. The van der Waals surface area contributed by atoms with E-state index in [1.165, 1.54) is 23.6 Å². The van der Waals surface area contributed by atoms with Crippen LogP contribution in [0.2, 0.25) is 4.47 Å². The molecule has 4 nitrogen and oxygen atoms in total. The first kappa shape index (κ1) is 16.6. The fourth-order valence-corrected chi connectivity index (χ4v) is 2.65. The molecule has 1 aromatic heterocycles. The largest absolute Gasteiger partial charge is 0.465 e. The van der Waals surface area contributed by atoms with Gasteiger partial charge in [0.1, 0.15) is 0 Å². The number of halogens is 4. The summed E-state index contributed by atoms with van der Waals surface area (Å²) in [6.07, 6.45) is -3.12. The summed E-state index contributed by atoms with van der Waals surface area (Å²) in [5, 5.41) is 2.83. The number of ether oxygens (including phenoxy) is 1. The third-order valence-electron chi connectivity index (χ3n) is 2.72. The number of hydrogen-bond donors (Lipinski definition) is 1. The van der Waals surface area contributed by atoms with Gasteiger partial charge >= 0.3 is 12.1 Å². The first-order valence-corrected chi connectivity index (χ1v) is 7.14. The molecule has 118 valence electrons. The summed E-state index contributed by atoms with van der Waals surface area (Å²) in [5.41, 5.74) is -1.35. The van der Waals surface area contributed by atoms with Crippen LogP contribution in [0.25, 0.3) is 0 Å². The second kappa shape index (κ2) is 6.53. The molecule has 0 atom stereocenters. The number of anilines is 1. The summed E-state index contributed by atoms with van der Waals surface area (Å²) in [5.74, 6) is -1.03. The van der Waals surface area contributed by atoms with Crippen molar-refractivity contribution in [2.75, 3.05) is 12.4 Å². The van der Waals surface area contributed by atoms with E-state index in [2.05, 4.69) is 15.0 Å². The maximum atomic E-state index is 13.0. The van der Waals surface area contributed by atoms with E-state index in [0.717, 1.165) is 24.1 Å². The summed E-state index contributed by atoms with van der Waals surface area (Å²) in [6.45, 7) is 0.277. The Hall–Kier alpha value is -1.80. The van der Waals surface area contributed by atoms with Crippen LogP contribution >= 0.6 is 22.9 Å². The van der Waals surface area contributed by atoms with Gasteiger partial charge in [-0.2, -0.15) is 13.2 Å². The van der Waals surface area contributed by atoms with Crippen LogP contribution in [0.1, 0.15) is 20.8 Å². The lowest BCUT2D eigenvalue weighted by Crippen LogP contribution is -2.14. The minimum atomic E-state index is -4.66. The van der Waals surface area contributed by atoms with Crippen LogP contribution in [0.3, 0.4) is 0 Å². The summed E-state index contributed by atoms with van der Waals surface area (Å²) in [6, 6.07) is 3.33. The number of benzene rings is 1. The lowest BCUT2D eigenvalue weighted by atomic mass is 10.1. The number of esters is 1. The molecule has 1 N–H and O–H groups in total. The highest BCUT2D eigenvalue weighted by molar-refractivity contribution is 7.15. The van der Waals surface area contributed by atoms with Crippen molar-refractivity contribution in [2.45, 2.75) is 12.7 Å². The van der Waals surface area contributed by atoms with Gasteiger partial charge in [0.2, 0.25) is 0 Å². The Bertz CT molecular complexity index is 688. The topological polar surface area (TPSA) is 51.2 Å². The fraction of sp³-hybridized carbons (Fsp3) is 0.231. The highest BCUT2D eigenvalue weighted by Crippen LogP contribution is 2.34. The third kappa shape index (κ3) is 3.89.